The van der Waals surface area contributed by atoms with Gasteiger partial charge in [0.15, 0.2) is 0 Å². The molecule has 0 spiro atoms. The summed E-state index contributed by atoms with van der Waals surface area (Å²) in [7, 11) is 1.37. The summed E-state index contributed by atoms with van der Waals surface area (Å²) in [5.41, 5.74) is -1.09. The minimum absolute atomic E-state index is 0.193. The number of hydrogen-bond acceptors (Lipinski definition) is 2. The van der Waals surface area contributed by atoms with Crippen molar-refractivity contribution >= 4 is 0 Å². The van der Waals surface area contributed by atoms with E-state index in [4.69, 9.17) is 4.74 Å². The second kappa shape index (κ2) is 5.03. The Hall–Kier alpha value is -2.24. The van der Waals surface area contributed by atoms with Gasteiger partial charge in [-0.2, -0.15) is 13.2 Å². The Kier molecular flexibility index (Phi) is 3.57. The molecule has 3 nitrogen and oxygen atoms in total. The van der Waals surface area contributed by atoms with Gasteiger partial charge in [0.25, 0.3) is 5.56 Å². The van der Waals surface area contributed by atoms with E-state index in [1.165, 1.54) is 13.1 Å². The third-order valence-electron chi connectivity index (χ3n) is 2.74. The molecule has 0 aliphatic heterocycles. The molecule has 0 radical (unpaired) electrons. The first-order valence-electron chi connectivity index (χ1n) is 5.80. The van der Waals surface area contributed by atoms with Gasteiger partial charge in [0, 0.05) is 13.2 Å². The summed E-state index contributed by atoms with van der Waals surface area (Å²) >= 11 is 0. The molecule has 0 saturated heterocycles. The SMILES string of the molecule is Cc1cccc(Oc2c(C(F)(F)F)ccn(C)c2=O)c1. The molecule has 0 saturated carbocycles. The van der Waals surface area contributed by atoms with Crippen molar-refractivity contribution in [2.75, 3.05) is 0 Å². The van der Waals surface area contributed by atoms with Crippen LogP contribution in [0.4, 0.5) is 13.2 Å². The van der Waals surface area contributed by atoms with Gasteiger partial charge in [0.2, 0.25) is 5.75 Å². The van der Waals surface area contributed by atoms with E-state index < -0.39 is 23.0 Å². The summed E-state index contributed by atoms with van der Waals surface area (Å²) < 4.78 is 45.0. The lowest BCUT2D eigenvalue weighted by molar-refractivity contribution is -0.138. The molecule has 106 valence electrons. The summed E-state index contributed by atoms with van der Waals surface area (Å²) in [5.74, 6) is -0.521. The van der Waals surface area contributed by atoms with E-state index in [0.717, 1.165) is 22.4 Å². The minimum Gasteiger partial charge on any atom is -0.451 e. The lowest BCUT2D eigenvalue weighted by Gasteiger charge is -2.14. The van der Waals surface area contributed by atoms with Crippen LogP contribution >= 0.6 is 0 Å². The Balaban J connectivity index is 2.55. The fraction of sp³-hybridized carbons (Fsp3) is 0.214. The maximum absolute atomic E-state index is 12.9. The van der Waals surface area contributed by atoms with Crippen molar-refractivity contribution in [1.29, 1.82) is 0 Å². The summed E-state index contributed by atoms with van der Waals surface area (Å²) in [4.78, 5) is 11.9. The first-order valence-corrected chi connectivity index (χ1v) is 5.80. The minimum atomic E-state index is -4.65. The Bertz CT molecular complexity index is 690. The fourth-order valence-electron chi connectivity index (χ4n) is 1.72. The molecular weight excluding hydrogens is 271 g/mol. The van der Waals surface area contributed by atoms with E-state index in [2.05, 4.69) is 0 Å². The van der Waals surface area contributed by atoms with Crippen LogP contribution in [0.1, 0.15) is 11.1 Å². The molecule has 0 amide bonds. The van der Waals surface area contributed by atoms with Gasteiger partial charge < -0.3 is 9.30 Å². The topological polar surface area (TPSA) is 31.2 Å². The predicted molar refractivity (Wildman–Crippen MR) is 67.9 cm³/mol. The molecular formula is C14H12F3NO2. The second-order valence-corrected chi connectivity index (χ2v) is 4.39. The second-order valence-electron chi connectivity index (χ2n) is 4.39. The van der Waals surface area contributed by atoms with Crippen LogP contribution in [0.5, 0.6) is 11.5 Å². The van der Waals surface area contributed by atoms with Gasteiger partial charge in [0.1, 0.15) is 11.3 Å². The van der Waals surface area contributed by atoms with Crippen LogP contribution in [-0.4, -0.2) is 4.57 Å². The summed E-state index contributed by atoms with van der Waals surface area (Å²) in [6.45, 7) is 1.78. The largest absolute Gasteiger partial charge is 0.451 e. The van der Waals surface area contributed by atoms with Crippen molar-refractivity contribution in [2.45, 2.75) is 13.1 Å². The molecule has 2 aromatic rings. The van der Waals surface area contributed by atoms with Gasteiger partial charge >= 0.3 is 6.18 Å². The van der Waals surface area contributed by atoms with Gasteiger partial charge in [0.05, 0.1) is 0 Å². The normalized spacial score (nSPS) is 11.4. The molecule has 1 aromatic carbocycles. The van der Waals surface area contributed by atoms with Crippen molar-refractivity contribution in [1.82, 2.24) is 4.57 Å². The molecule has 2 rings (SSSR count). The summed E-state index contributed by atoms with van der Waals surface area (Å²) in [5, 5.41) is 0. The molecule has 6 heteroatoms. The van der Waals surface area contributed by atoms with Crippen molar-refractivity contribution < 1.29 is 17.9 Å². The number of halogens is 3. The number of benzene rings is 1. The fourth-order valence-corrected chi connectivity index (χ4v) is 1.72. The average Bonchev–Trinajstić information content (AvgIpc) is 2.33. The van der Waals surface area contributed by atoms with E-state index >= 15 is 0 Å². The zero-order chi connectivity index (χ0) is 14.9. The molecule has 0 aliphatic carbocycles. The van der Waals surface area contributed by atoms with Gasteiger partial charge in [-0.3, -0.25) is 4.79 Å². The van der Waals surface area contributed by atoms with Crippen LogP contribution in [0.3, 0.4) is 0 Å². The average molecular weight is 283 g/mol. The number of alkyl halides is 3. The van der Waals surface area contributed by atoms with Crippen molar-refractivity contribution in [3.63, 3.8) is 0 Å². The van der Waals surface area contributed by atoms with E-state index in [-0.39, 0.29) is 5.75 Å². The number of nitrogens with zero attached hydrogens (tertiary/aromatic N) is 1. The number of ether oxygens (including phenoxy) is 1. The number of rotatable bonds is 2. The van der Waals surface area contributed by atoms with Gasteiger partial charge in [-0.1, -0.05) is 12.1 Å². The molecule has 0 N–H and O–H groups in total. The van der Waals surface area contributed by atoms with Gasteiger partial charge in [-0.15, -0.1) is 0 Å². The molecule has 0 fully saturated rings. The molecule has 20 heavy (non-hydrogen) atoms. The Morgan fingerprint density at radius 1 is 1.20 bits per heavy atom. The Morgan fingerprint density at radius 2 is 1.90 bits per heavy atom. The molecule has 0 atom stereocenters. The van der Waals surface area contributed by atoms with Crippen LogP contribution in [0, 0.1) is 6.92 Å². The molecule has 1 aromatic heterocycles. The maximum Gasteiger partial charge on any atom is 0.420 e. The van der Waals surface area contributed by atoms with Crippen LogP contribution in [-0.2, 0) is 13.2 Å². The number of pyridine rings is 1. The third-order valence-corrected chi connectivity index (χ3v) is 2.74. The van der Waals surface area contributed by atoms with Gasteiger partial charge in [-0.25, -0.2) is 0 Å². The molecule has 0 aliphatic rings. The number of aryl methyl sites for hydroxylation is 2. The molecule has 1 heterocycles. The van der Waals surface area contributed by atoms with Crippen LogP contribution < -0.4 is 10.3 Å². The van der Waals surface area contributed by atoms with Crippen molar-refractivity contribution in [3.8, 4) is 11.5 Å². The zero-order valence-electron chi connectivity index (χ0n) is 10.9. The lowest BCUT2D eigenvalue weighted by Crippen LogP contribution is -2.22. The predicted octanol–water partition coefficient (Wildman–Crippen LogP) is 3.50. The van der Waals surface area contributed by atoms with Crippen LogP contribution in [0.15, 0.2) is 41.3 Å². The third kappa shape index (κ3) is 2.84. The van der Waals surface area contributed by atoms with Crippen LogP contribution in [0.25, 0.3) is 0 Å². The highest BCUT2D eigenvalue weighted by Gasteiger charge is 2.36. The highest BCUT2D eigenvalue weighted by molar-refractivity contribution is 5.38. The highest BCUT2D eigenvalue weighted by atomic mass is 19.4. The quantitative estimate of drug-likeness (QED) is 0.844. The summed E-state index contributed by atoms with van der Waals surface area (Å²) in [6.07, 6.45) is -3.58. The highest BCUT2D eigenvalue weighted by Crippen LogP contribution is 2.35. The van der Waals surface area contributed by atoms with Gasteiger partial charge in [-0.05, 0) is 30.7 Å². The van der Waals surface area contributed by atoms with E-state index in [0.29, 0.717) is 0 Å². The van der Waals surface area contributed by atoms with E-state index in [1.54, 1.807) is 25.1 Å². The maximum atomic E-state index is 12.9. The summed E-state index contributed by atoms with van der Waals surface area (Å²) in [6, 6.07) is 7.31. The van der Waals surface area contributed by atoms with E-state index in [9.17, 15) is 18.0 Å². The molecule has 0 unspecified atom stereocenters. The Morgan fingerprint density at radius 3 is 2.50 bits per heavy atom. The number of hydrogen-bond donors (Lipinski definition) is 0. The first kappa shape index (κ1) is 14.2. The smallest absolute Gasteiger partial charge is 0.420 e. The monoisotopic (exact) mass is 283 g/mol. The van der Waals surface area contributed by atoms with E-state index in [1.807, 2.05) is 0 Å². The van der Waals surface area contributed by atoms with Crippen molar-refractivity contribution in [2.24, 2.45) is 7.05 Å². The Labute approximate surface area is 113 Å². The molecule has 0 bridgehead atoms. The number of aromatic nitrogens is 1. The van der Waals surface area contributed by atoms with Crippen molar-refractivity contribution in [3.05, 3.63) is 58.0 Å². The standard InChI is InChI=1S/C14H12F3NO2/c1-9-4-3-5-10(8-9)20-12-11(14(15,16)17)6-7-18(2)13(12)19/h3-8H,1-2H3. The lowest BCUT2D eigenvalue weighted by atomic mass is 10.2. The zero-order valence-corrected chi connectivity index (χ0v) is 10.9. The first-order chi connectivity index (χ1) is 9.29. The van der Waals surface area contributed by atoms with Crippen LogP contribution in [0.2, 0.25) is 0 Å².